The second-order valence-electron chi connectivity index (χ2n) is 4.56. The molecule has 1 N–H and O–H groups in total. The lowest BCUT2D eigenvalue weighted by Gasteiger charge is -2.26. The van der Waals surface area contributed by atoms with Crippen LogP contribution < -0.4 is 4.74 Å². The van der Waals surface area contributed by atoms with Gasteiger partial charge in [0.05, 0.1) is 24.9 Å². The van der Waals surface area contributed by atoms with E-state index in [4.69, 9.17) is 4.74 Å². The van der Waals surface area contributed by atoms with Crippen molar-refractivity contribution in [3.63, 3.8) is 0 Å². The number of esters is 1. The summed E-state index contributed by atoms with van der Waals surface area (Å²) in [6.07, 6.45) is 3.33. The Morgan fingerprint density at radius 2 is 1.78 bits per heavy atom. The average molecular weight is 250 g/mol. The molecule has 0 bridgehead atoms. The Morgan fingerprint density at radius 3 is 2.33 bits per heavy atom. The van der Waals surface area contributed by atoms with E-state index in [0.29, 0.717) is 5.56 Å². The Balaban J connectivity index is 1.92. The smallest absolute Gasteiger partial charge is 0.337 e. The summed E-state index contributed by atoms with van der Waals surface area (Å²) in [4.78, 5) is 11.3. The molecule has 0 atom stereocenters. The average Bonchev–Trinajstić information content (AvgIpc) is 2.41. The highest BCUT2D eigenvalue weighted by Gasteiger charge is 2.20. The molecule has 2 rings (SSSR count). The largest absolute Gasteiger partial charge is 0.490 e. The van der Waals surface area contributed by atoms with Crippen molar-refractivity contribution in [1.82, 2.24) is 0 Å². The van der Waals surface area contributed by atoms with Crippen LogP contribution in [-0.2, 0) is 4.74 Å². The topological polar surface area (TPSA) is 55.8 Å². The normalized spacial score (nSPS) is 23.4. The van der Waals surface area contributed by atoms with Crippen LogP contribution >= 0.6 is 0 Å². The zero-order valence-electron chi connectivity index (χ0n) is 10.5. The third-order valence-corrected chi connectivity index (χ3v) is 3.22. The van der Waals surface area contributed by atoms with Crippen molar-refractivity contribution in [2.24, 2.45) is 0 Å². The van der Waals surface area contributed by atoms with Crippen LogP contribution in [0.2, 0.25) is 0 Å². The number of carbonyl (C=O) groups is 1. The fourth-order valence-corrected chi connectivity index (χ4v) is 2.14. The molecular formula is C14H18O4. The quantitative estimate of drug-likeness (QED) is 0.835. The van der Waals surface area contributed by atoms with Gasteiger partial charge in [0.1, 0.15) is 5.75 Å². The van der Waals surface area contributed by atoms with E-state index < -0.39 is 0 Å². The van der Waals surface area contributed by atoms with E-state index in [1.165, 1.54) is 7.11 Å². The third-order valence-electron chi connectivity index (χ3n) is 3.22. The number of methoxy groups -OCH3 is 1. The number of aliphatic hydroxyl groups is 1. The Labute approximate surface area is 107 Å². The number of rotatable bonds is 3. The van der Waals surface area contributed by atoms with Gasteiger partial charge in [0.25, 0.3) is 0 Å². The summed E-state index contributed by atoms with van der Waals surface area (Å²) >= 11 is 0. The van der Waals surface area contributed by atoms with E-state index in [-0.39, 0.29) is 18.2 Å². The second kappa shape index (κ2) is 5.87. The van der Waals surface area contributed by atoms with Crippen molar-refractivity contribution in [2.75, 3.05) is 7.11 Å². The summed E-state index contributed by atoms with van der Waals surface area (Å²) < 4.78 is 10.4. The summed E-state index contributed by atoms with van der Waals surface area (Å²) in [5.74, 6) is 0.409. The zero-order chi connectivity index (χ0) is 13.0. The highest BCUT2D eigenvalue weighted by atomic mass is 16.5. The van der Waals surface area contributed by atoms with Crippen molar-refractivity contribution in [3.8, 4) is 5.75 Å². The number of carbonyl (C=O) groups excluding carboxylic acids is 1. The minimum atomic E-state index is -0.345. The van der Waals surface area contributed by atoms with Crippen molar-refractivity contribution >= 4 is 5.97 Å². The minimum absolute atomic E-state index is 0.164. The predicted molar refractivity (Wildman–Crippen MR) is 66.7 cm³/mol. The van der Waals surface area contributed by atoms with Crippen LogP contribution in [0, 0.1) is 0 Å². The Morgan fingerprint density at radius 1 is 1.17 bits per heavy atom. The van der Waals surface area contributed by atoms with Gasteiger partial charge in [-0.05, 0) is 49.9 Å². The second-order valence-corrected chi connectivity index (χ2v) is 4.56. The molecule has 0 amide bonds. The Hall–Kier alpha value is -1.55. The first-order chi connectivity index (χ1) is 8.69. The van der Waals surface area contributed by atoms with Gasteiger partial charge in [-0.15, -0.1) is 0 Å². The maximum absolute atomic E-state index is 11.3. The Bertz CT molecular complexity index is 391. The Kier molecular flexibility index (Phi) is 4.20. The fraction of sp³-hybridized carbons (Fsp3) is 0.500. The summed E-state index contributed by atoms with van der Waals surface area (Å²) in [5, 5.41) is 9.41. The van der Waals surface area contributed by atoms with Crippen LogP contribution in [0.5, 0.6) is 5.75 Å². The summed E-state index contributed by atoms with van der Waals surface area (Å²) in [7, 11) is 1.36. The van der Waals surface area contributed by atoms with Crippen molar-refractivity contribution in [1.29, 1.82) is 0 Å². The van der Waals surface area contributed by atoms with E-state index in [9.17, 15) is 9.90 Å². The molecule has 1 aromatic carbocycles. The van der Waals surface area contributed by atoms with Gasteiger partial charge in [-0.25, -0.2) is 4.79 Å². The monoisotopic (exact) mass is 250 g/mol. The van der Waals surface area contributed by atoms with Gasteiger partial charge in [-0.3, -0.25) is 0 Å². The molecule has 0 radical (unpaired) electrons. The standard InChI is InChI=1S/C14H18O4/c1-17-14(16)10-2-6-12(7-3-10)18-13-8-4-11(15)5-9-13/h2-3,6-7,11,13,15H,4-5,8-9H2,1H3. The first-order valence-corrected chi connectivity index (χ1v) is 6.22. The van der Waals surface area contributed by atoms with Gasteiger partial charge in [0.2, 0.25) is 0 Å². The van der Waals surface area contributed by atoms with Crippen LogP contribution in [0.15, 0.2) is 24.3 Å². The molecule has 1 saturated carbocycles. The van der Waals surface area contributed by atoms with Gasteiger partial charge in [-0.1, -0.05) is 0 Å². The van der Waals surface area contributed by atoms with Crippen molar-refractivity contribution in [2.45, 2.75) is 37.9 Å². The molecule has 18 heavy (non-hydrogen) atoms. The van der Waals surface area contributed by atoms with Gasteiger partial charge in [-0.2, -0.15) is 0 Å². The van der Waals surface area contributed by atoms with Crippen LogP contribution in [-0.4, -0.2) is 30.4 Å². The summed E-state index contributed by atoms with van der Waals surface area (Å²) in [5.41, 5.74) is 0.518. The van der Waals surface area contributed by atoms with E-state index in [1.807, 2.05) is 0 Å². The van der Waals surface area contributed by atoms with Gasteiger partial charge < -0.3 is 14.6 Å². The predicted octanol–water partition coefficient (Wildman–Crippen LogP) is 2.16. The molecular weight excluding hydrogens is 232 g/mol. The lowest BCUT2D eigenvalue weighted by Crippen LogP contribution is -2.26. The molecule has 1 aliphatic carbocycles. The number of aliphatic hydroxyl groups excluding tert-OH is 1. The number of benzene rings is 1. The van der Waals surface area contributed by atoms with E-state index in [1.54, 1.807) is 24.3 Å². The molecule has 0 spiro atoms. The minimum Gasteiger partial charge on any atom is -0.490 e. The SMILES string of the molecule is COC(=O)c1ccc(OC2CCC(O)CC2)cc1. The molecule has 98 valence electrons. The molecule has 4 heteroatoms. The third kappa shape index (κ3) is 3.23. The first kappa shape index (κ1) is 12.9. The molecule has 1 fully saturated rings. The maximum atomic E-state index is 11.3. The number of ether oxygens (including phenoxy) is 2. The van der Waals surface area contributed by atoms with Crippen LogP contribution in [0.4, 0.5) is 0 Å². The molecule has 1 aliphatic rings. The molecule has 0 heterocycles. The molecule has 0 aromatic heterocycles. The van der Waals surface area contributed by atoms with Crippen molar-refractivity contribution in [3.05, 3.63) is 29.8 Å². The van der Waals surface area contributed by atoms with Crippen molar-refractivity contribution < 1.29 is 19.4 Å². The first-order valence-electron chi connectivity index (χ1n) is 6.22. The lowest BCUT2D eigenvalue weighted by molar-refractivity contribution is 0.0599. The summed E-state index contributed by atoms with van der Waals surface area (Å²) in [6.45, 7) is 0. The van der Waals surface area contributed by atoms with Crippen LogP contribution in [0.25, 0.3) is 0 Å². The maximum Gasteiger partial charge on any atom is 0.337 e. The van der Waals surface area contributed by atoms with Gasteiger partial charge in [0.15, 0.2) is 0 Å². The molecule has 4 nitrogen and oxygen atoms in total. The molecule has 0 saturated heterocycles. The number of hydrogen-bond donors (Lipinski definition) is 1. The van der Waals surface area contributed by atoms with E-state index >= 15 is 0 Å². The summed E-state index contributed by atoms with van der Waals surface area (Å²) in [6, 6.07) is 6.94. The van der Waals surface area contributed by atoms with E-state index in [2.05, 4.69) is 4.74 Å². The highest BCUT2D eigenvalue weighted by Crippen LogP contribution is 2.24. The van der Waals surface area contributed by atoms with E-state index in [0.717, 1.165) is 31.4 Å². The van der Waals surface area contributed by atoms with Gasteiger partial charge >= 0.3 is 5.97 Å². The highest BCUT2D eigenvalue weighted by molar-refractivity contribution is 5.89. The van der Waals surface area contributed by atoms with Crippen LogP contribution in [0.1, 0.15) is 36.0 Å². The molecule has 0 unspecified atom stereocenters. The van der Waals surface area contributed by atoms with Gasteiger partial charge in [0, 0.05) is 0 Å². The fourth-order valence-electron chi connectivity index (χ4n) is 2.14. The van der Waals surface area contributed by atoms with Crippen LogP contribution in [0.3, 0.4) is 0 Å². The number of hydrogen-bond acceptors (Lipinski definition) is 4. The molecule has 0 aliphatic heterocycles. The zero-order valence-corrected chi connectivity index (χ0v) is 10.5. The lowest BCUT2D eigenvalue weighted by atomic mass is 9.95. The molecule has 1 aromatic rings.